The lowest BCUT2D eigenvalue weighted by molar-refractivity contribution is -0.114. The molecule has 144 valence electrons. The standard InChI is InChI=1S/C18H23N5O3S/c1-11-5-14(26-17-6-16(20-10-21-17)25-13-3-4-13)8-23(11)9-15-7-19-18(27-15)22-12(2)24/h6-7,10-11,13-14H,3-5,8-9H2,1-2H3,(H,19,22,24)/t11-,14+/m0/s1. The first-order valence-electron chi connectivity index (χ1n) is 9.17. The Hall–Kier alpha value is -2.26. The van der Waals surface area contributed by atoms with Gasteiger partial charge in [-0.2, -0.15) is 0 Å². The van der Waals surface area contributed by atoms with Gasteiger partial charge in [-0.3, -0.25) is 9.69 Å². The Morgan fingerprint density at radius 3 is 2.70 bits per heavy atom. The molecule has 3 heterocycles. The Labute approximate surface area is 161 Å². The summed E-state index contributed by atoms with van der Waals surface area (Å²) in [5.41, 5.74) is 0. The summed E-state index contributed by atoms with van der Waals surface area (Å²) in [4.78, 5) is 27.2. The summed E-state index contributed by atoms with van der Waals surface area (Å²) in [5.74, 6) is 1.04. The van der Waals surface area contributed by atoms with Crippen LogP contribution in [0.4, 0.5) is 5.13 Å². The maximum Gasteiger partial charge on any atom is 0.223 e. The maximum absolute atomic E-state index is 11.1. The number of rotatable bonds is 7. The molecule has 4 rings (SSSR count). The van der Waals surface area contributed by atoms with Crippen LogP contribution >= 0.6 is 11.3 Å². The van der Waals surface area contributed by atoms with Gasteiger partial charge < -0.3 is 14.8 Å². The number of aromatic nitrogens is 3. The molecule has 2 aliphatic rings. The van der Waals surface area contributed by atoms with Gasteiger partial charge in [0.2, 0.25) is 17.7 Å². The summed E-state index contributed by atoms with van der Waals surface area (Å²) in [6, 6.07) is 2.17. The van der Waals surface area contributed by atoms with Crippen LogP contribution in [-0.2, 0) is 11.3 Å². The Balaban J connectivity index is 1.32. The van der Waals surface area contributed by atoms with E-state index < -0.39 is 0 Å². The topological polar surface area (TPSA) is 89.5 Å². The van der Waals surface area contributed by atoms with Gasteiger partial charge in [-0.25, -0.2) is 15.0 Å². The summed E-state index contributed by atoms with van der Waals surface area (Å²) in [7, 11) is 0. The Morgan fingerprint density at radius 2 is 2.00 bits per heavy atom. The molecule has 0 unspecified atom stereocenters. The number of nitrogens with one attached hydrogen (secondary N) is 1. The van der Waals surface area contributed by atoms with Gasteiger partial charge in [0, 0.05) is 43.5 Å². The van der Waals surface area contributed by atoms with E-state index in [9.17, 15) is 4.79 Å². The van der Waals surface area contributed by atoms with Crippen LogP contribution < -0.4 is 14.8 Å². The van der Waals surface area contributed by atoms with E-state index in [2.05, 4.69) is 32.1 Å². The molecule has 0 radical (unpaired) electrons. The Bertz CT molecular complexity index is 810. The van der Waals surface area contributed by atoms with E-state index in [0.29, 0.717) is 29.0 Å². The second-order valence-electron chi connectivity index (χ2n) is 7.08. The predicted octanol–water partition coefficient (Wildman–Crippen LogP) is 2.47. The fraction of sp³-hybridized carbons (Fsp3) is 0.556. The van der Waals surface area contributed by atoms with Crippen molar-refractivity contribution in [1.29, 1.82) is 0 Å². The van der Waals surface area contributed by atoms with Crippen molar-refractivity contribution in [2.24, 2.45) is 0 Å². The van der Waals surface area contributed by atoms with Crippen molar-refractivity contribution < 1.29 is 14.3 Å². The molecule has 1 N–H and O–H groups in total. The highest BCUT2D eigenvalue weighted by Gasteiger charge is 2.31. The number of likely N-dealkylation sites (tertiary alicyclic amines) is 1. The summed E-state index contributed by atoms with van der Waals surface area (Å²) >= 11 is 1.51. The third kappa shape index (κ3) is 4.92. The molecule has 0 bridgehead atoms. The lowest BCUT2D eigenvalue weighted by atomic mass is 10.2. The third-order valence-corrected chi connectivity index (χ3v) is 5.47. The van der Waals surface area contributed by atoms with Crippen LogP contribution in [-0.4, -0.2) is 50.6 Å². The minimum atomic E-state index is -0.103. The van der Waals surface area contributed by atoms with Gasteiger partial charge >= 0.3 is 0 Å². The fourth-order valence-corrected chi connectivity index (χ4v) is 4.00. The van der Waals surface area contributed by atoms with Crippen molar-refractivity contribution >= 4 is 22.4 Å². The smallest absolute Gasteiger partial charge is 0.223 e. The number of ether oxygens (including phenoxy) is 2. The first-order chi connectivity index (χ1) is 13.0. The molecule has 9 heteroatoms. The number of anilines is 1. The van der Waals surface area contributed by atoms with E-state index in [4.69, 9.17) is 9.47 Å². The molecule has 1 aliphatic heterocycles. The molecule has 0 aromatic carbocycles. The average Bonchev–Trinajstić information content (AvgIpc) is 3.21. The zero-order valence-corrected chi connectivity index (χ0v) is 16.2. The van der Waals surface area contributed by atoms with E-state index in [-0.39, 0.29) is 12.0 Å². The van der Waals surface area contributed by atoms with E-state index in [1.165, 1.54) is 24.6 Å². The first-order valence-corrected chi connectivity index (χ1v) is 9.98. The Morgan fingerprint density at radius 1 is 1.26 bits per heavy atom. The van der Waals surface area contributed by atoms with Crippen LogP contribution in [0.5, 0.6) is 11.8 Å². The van der Waals surface area contributed by atoms with Gasteiger partial charge in [0.15, 0.2) is 5.13 Å². The zero-order valence-electron chi connectivity index (χ0n) is 15.4. The second kappa shape index (κ2) is 7.77. The normalized spacial score (nSPS) is 22.6. The van der Waals surface area contributed by atoms with E-state index in [1.54, 1.807) is 6.07 Å². The number of hydrogen-bond donors (Lipinski definition) is 1. The van der Waals surface area contributed by atoms with Crippen LogP contribution in [0, 0.1) is 0 Å². The molecule has 2 aromatic heterocycles. The van der Waals surface area contributed by atoms with Crippen molar-refractivity contribution in [1.82, 2.24) is 19.9 Å². The van der Waals surface area contributed by atoms with Crippen molar-refractivity contribution in [2.75, 3.05) is 11.9 Å². The number of hydrogen-bond acceptors (Lipinski definition) is 8. The van der Waals surface area contributed by atoms with Crippen LogP contribution in [0.15, 0.2) is 18.6 Å². The molecule has 0 spiro atoms. The van der Waals surface area contributed by atoms with Crippen LogP contribution in [0.25, 0.3) is 0 Å². The highest BCUT2D eigenvalue weighted by Crippen LogP contribution is 2.29. The van der Waals surface area contributed by atoms with Crippen molar-refractivity contribution in [3.8, 4) is 11.8 Å². The number of thiazole rings is 1. The van der Waals surface area contributed by atoms with Crippen molar-refractivity contribution in [2.45, 2.75) is 57.9 Å². The predicted molar refractivity (Wildman–Crippen MR) is 101 cm³/mol. The highest BCUT2D eigenvalue weighted by molar-refractivity contribution is 7.15. The maximum atomic E-state index is 11.1. The van der Waals surface area contributed by atoms with Gasteiger partial charge in [-0.05, 0) is 19.8 Å². The minimum Gasteiger partial charge on any atom is -0.474 e. The summed E-state index contributed by atoms with van der Waals surface area (Å²) < 4.78 is 11.8. The number of amides is 1. The SMILES string of the molecule is CC(=O)Nc1ncc(CN2C[C@H](Oc3cc(OC4CC4)ncn3)C[C@@H]2C)s1. The fourth-order valence-electron chi connectivity index (χ4n) is 3.12. The molecule has 8 nitrogen and oxygen atoms in total. The van der Waals surface area contributed by atoms with Crippen molar-refractivity contribution in [3.63, 3.8) is 0 Å². The number of nitrogens with zero attached hydrogens (tertiary/aromatic N) is 4. The monoisotopic (exact) mass is 389 g/mol. The molecule has 2 aromatic rings. The molecule has 1 amide bonds. The molecule has 27 heavy (non-hydrogen) atoms. The van der Waals surface area contributed by atoms with E-state index in [0.717, 1.165) is 37.2 Å². The first kappa shape index (κ1) is 18.1. The average molecular weight is 389 g/mol. The van der Waals surface area contributed by atoms with Gasteiger partial charge in [-0.15, -0.1) is 11.3 Å². The van der Waals surface area contributed by atoms with Gasteiger partial charge in [0.25, 0.3) is 0 Å². The molecule has 2 atom stereocenters. The second-order valence-corrected chi connectivity index (χ2v) is 8.19. The molecular formula is C18H23N5O3S. The van der Waals surface area contributed by atoms with Crippen LogP contribution in [0.3, 0.4) is 0 Å². The Kier molecular flexibility index (Phi) is 5.22. The molecular weight excluding hydrogens is 366 g/mol. The van der Waals surface area contributed by atoms with Gasteiger partial charge in [-0.1, -0.05) is 0 Å². The van der Waals surface area contributed by atoms with Crippen LogP contribution in [0.1, 0.15) is 38.0 Å². The van der Waals surface area contributed by atoms with Gasteiger partial charge in [0.1, 0.15) is 18.5 Å². The molecule has 1 aliphatic carbocycles. The third-order valence-electron chi connectivity index (χ3n) is 4.58. The lowest BCUT2D eigenvalue weighted by Crippen LogP contribution is -2.27. The van der Waals surface area contributed by atoms with Crippen LogP contribution in [0.2, 0.25) is 0 Å². The van der Waals surface area contributed by atoms with E-state index in [1.807, 2.05) is 6.20 Å². The summed E-state index contributed by atoms with van der Waals surface area (Å²) in [5, 5.41) is 3.37. The van der Waals surface area contributed by atoms with E-state index >= 15 is 0 Å². The zero-order chi connectivity index (χ0) is 18.8. The highest BCUT2D eigenvalue weighted by atomic mass is 32.1. The molecule has 1 saturated heterocycles. The molecule has 1 saturated carbocycles. The largest absolute Gasteiger partial charge is 0.474 e. The molecule has 2 fully saturated rings. The van der Waals surface area contributed by atoms with Crippen molar-refractivity contribution in [3.05, 3.63) is 23.5 Å². The minimum absolute atomic E-state index is 0.0754. The lowest BCUT2D eigenvalue weighted by Gasteiger charge is -2.19. The summed E-state index contributed by atoms with van der Waals surface area (Å²) in [6.45, 7) is 5.29. The quantitative estimate of drug-likeness (QED) is 0.778. The summed E-state index contributed by atoms with van der Waals surface area (Å²) in [6.07, 6.45) is 6.81. The number of carbonyl (C=O) groups is 1. The van der Waals surface area contributed by atoms with Gasteiger partial charge in [0.05, 0.1) is 6.07 Å². The number of carbonyl (C=O) groups excluding carboxylic acids is 1.